The van der Waals surface area contributed by atoms with Crippen LogP contribution in [-0.4, -0.2) is 50.0 Å². The normalized spacial score (nSPS) is 14.0. The average molecular weight is 909 g/mol. The van der Waals surface area contributed by atoms with Crippen molar-refractivity contribution in [3.05, 3.63) is 131 Å². The van der Waals surface area contributed by atoms with Gasteiger partial charge in [-0.1, -0.05) is 35.9 Å². The first-order valence-electron chi connectivity index (χ1n) is 18.1. The largest absolute Gasteiger partial charge is 0.454 e. The van der Waals surface area contributed by atoms with Gasteiger partial charge in [0.2, 0.25) is 5.88 Å². The highest BCUT2D eigenvalue weighted by atomic mass is 79.9. The standard InChI is InChI=1S/C42H34BrClF3N5O4S2/c1-24-8-11-28(44)22-36(24)56-39-38(58-25(2)48-39)41(54)51-18-16-50(31-6-4-5-7-32(31)51)23-26-9-12-30-33(20-26)52(17-15-49(30)3)40(53)37-35(14-19-57-37)55-34-13-10-27(21-29(34)43)42(45,46)47/h4-14,19-22H,15-18,23H2,1-3H3. The Hall–Kier alpha value is -5.09. The van der Waals surface area contributed by atoms with Gasteiger partial charge in [-0.2, -0.15) is 13.2 Å². The lowest BCUT2D eigenvalue weighted by Gasteiger charge is -2.38. The molecule has 0 bridgehead atoms. The fourth-order valence-corrected chi connectivity index (χ4v) is 9.17. The lowest BCUT2D eigenvalue weighted by atomic mass is 10.1. The van der Waals surface area contributed by atoms with Crippen molar-refractivity contribution in [3.8, 4) is 23.1 Å². The Morgan fingerprint density at radius 3 is 2.31 bits per heavy atom. The highest BCUT2D eigenvalue weighted by Crippen LogP contribution is 2.42. The van der Waals surface area contributed by atoms with E-state index in [1.165, 1.54) is 28.7 Å². The third-order valence-electron chi connectivity index (χ3n) is 9.93. The van der Waals surface area contributed by atoms with Gasteiger partial charge in [0.25, 0.3) is 11.8 Å². The van der Waals surface area contributed by atoms with E-state index in [1.807, 2.05) is 69.4 Å². The van der Waals surface area contributed by atoms with Crippen LogP contribution in [0.1, 0.15) is 41.0 Å². The van der Waals surface area contributed by atoms with Crippen molar-refractivity contribution in [2.75, 3.05) is 52.8 Å². The molecule has 0 radical (unpaired) electrons. The van der Waals surface area contributed by atoms with Crippen LogP contribution in [0.3, 0.4) is 0 Å². The summed E-state index contributed by atoms with van der Waals surface area (Å²) in [6.45, 7) is 6.22. The minimum Gasteiger partial charge on any atom is -0.454 e. The lowest BCUT2D eigenvalue weighted by Crippen LogP contribution is -2.44. The van der Waals surface area contributed by atoms with E-state index < -0.39 is 11.7 Å². The highest BCUT2D eigenvalue weighted by Gasteiger charge is 2.34. The maximum Gasteiger partial charge on any atom is 0.416 e. The van der Waals surface area contributed by atoms with Gasteiger partial charge in [0.1, 0.15) is 16.4 Å². The highest BCUT2D eigenvalue weighted by molar-refractivity contribution is 9.10. The third kappa shape index (κ3) is 7.87. The number of fused-ring (bicyclic) bond motifs is 2. The quantitative estimate of drug-likeness (QED) is 0.150. The molecular formula is C42H34BrClF3N5O4S2. The number of aromatic nitrogens is 1. The summed E-state index contributed by atoms with van der Waals surface area (Å²) in [4.78, 5) is 41.6. The number of aryl methyl sites for hydroxylation is 2. The van der Waals surface area contributed by atoms with Crippen LogP contribution in [-0.2, 0) is 12.7 Å². The molecule has 0 N–H and O–H groups in total. The van der Waals surface area contributed by atoms with Crippen molar-refractivity contribution in [1.82, 2.24) is 4.98 Å². The topological polar surface area (TPSA) is 78.5 Å². The number of nitrogens with zero attached hydrogens (tertiary/aromatic N) is 5. The van der Waals surface area contributed by atoms with Gasteiger partial charge in [-0.25, -0.2) is 4.98 Å². The number of thiazole rings is 1. The molecule has 4 heterocycles. The van der Waals surface area contributed by atoms with E-state index >= 15 is 0 Å². The van der Waals surface area contributed by atoms with Crippen LogP contribution in [0, 0.1) is 13.8 Å². The monoisotopic (exact) mass is 907 g/mol. The van der Waals surface area contributed by atoms with Crippen molar-refractivity contribution < 1.29 is 32.2 Å². The first-order chi connectivity index (χ1) is 27.7. The van der Waals surface area contributed by atoms with Gasteiger partial charge in [0, 0.05) is 44.8 Å². The minimum atomic E-state index is -4.50. The Labute approximate surface area is 353 Å². The molecule has 16 heteroatoms. The second kappa shape index (κ2) is 15.9. The summed E-state index contributed by atoms with van der Waals surface area (Å²) in [6, 6.07) is 24.0. The summed E-state index contributed by atoms with van der Waals surface area (Å²) in [5.41, 5.74) is 4.27. The fourth-order valence-electron chi connectivity index (χ4n) is 6.98. The van der Waals surface area contributed by atoms with E-state index in [2.05, 4.69) is 30.7 Å². The van der Waals surface area contributed by atoms with E-state index in [4.69, 9.17) is 21.1 Å². The number of carbonyl (C=O) groups excluding carboxylic acids is 2. The summed E-state index contributed by atoms with van der Waals surface area (Å²) in [5.74, 6) is 0.703. The average Bonchev–Trinajstić information content (AvgIpc) is 3.82. The summed E-state index contributed by atoms with van der Waals surface area (Å²) in [5, 5.41) is 2.94. The van der Waals surface area contributed by atoms with E-state index in [0.29, 0.717) is 58.3 Å². The summed E-state index contributed by atoms with van der Waals surface area (Å²) >= 11 is 11.9. The van der Waals surface area contributed by atoms with Crippen molar-refractivity contribution in [2.45, 2.75) is 26.6 Å². The molecule has 0 saturated heterocycles. The number of benzene rings is 4. The number of halogens is 5. The molecular weight excluding hydrogens is 875 g/mol. The van der Waals surface area contributed by atoms with Crippen LogP contribution in [0.15, 0.2) is 94.8 Å². The van der Waals surface area contributed by atoms with Crippen molar-refractivity contribution >= 4 is 84.8 Å². The molecule has 8 rings (SSSR count). The number of rotatable bonds is 8. The Morgan fingerprint density at radius 1 is 0.793 bits per heavy atom. The van der Waals surface area contributed by atoms with Crippen molar-refractivity contribution in [1.29, 1.82) is 0 Å². The Bertz CT molecular complexity index is 2560. The summed E-state index contributed by atoms with van der Waals surface area (Å²) in [6.07, 6.45) is -4.50. The van der Waals surface area contributed by atoms with E-state index in [0.717, 1.165) is 46.0 Å². The molecule has 6 aromatic rings. The zero-order valence-corrected chi connectivity index (χ0v) is 35.2. The maximum absolute atomic E-state index is 14.3. The van der Waals surface area contributed by atoms with Crippen molar-refractivity contribution in [3.63, 3.8) is 0 Å². The number of alkyl halides is 3. The SMILES string of the molecule is Cc1nc(Oc2cc(Cl)ccc2C)c(C(=O)N2CCN(Cc3ccc4c(c3)N(C(=O)c3sccc3Oc3ccc(C(F)(F)F)cc3Br)CCN4C)c3ccccc32)s1. The first kappa shape index (κ1) is 39.7. The molecule has 0 atom stereocenters. The van der Waals surface area contributed by atoms with Gasteiger partial charge in [-0.3, -0.25) is 9.59 Å². The molecule has 298 valence electrons. The molecule has 2 aromatic heterocycles. The maximum atomic E-state index is 14.3. The molecule has 0 aliphatic carbocycles. The number of hydrogen-bond acceptors (Lipinski definition) is 9. The van der Waals surface area contributed by atoms with Gasteiger partial charge in [-0.15, -0.1) is 22.7 Å². The Kier molecular flexibility index (Phi) is 10.9. The molecule has 58 heavy (non-hydrogen) atoms. The minimum absolute atomic E-state index is 0.120. The third-order valence-corrected chi connectivity index (χ3v) is 12.6. The van der Waals surface area contributed by atoms with E-state index in [1.54, 1.807) is 33.4 Å². The van der Waals surface area contributed by atoms with E-state index in [9.17, 15) is 22.8 Å². The smallest absolute Gasteiger partial charge is 0.416 e. The molecule has 2 aliphatic rings. The van der Waals surface area contributed by atoms with Crippen LogP contribution in [0.2, 0.25) is 5.02 Å². The molecule has 0 unspecified atom stereocenters. The van der Waals surface area contributed by atoms with Gasteiger partial charge in [0.05, 0.1) is 37.8 Å². The molecule has 0 saturated carbocycles. The second-order valence-electron chi connectivity index (χ2n) is 13.8. The molecule has 4 aromatic carbocycles. The van der Waals surface area contributed by atoms with Gasteiger partial charge >= 0.3 is 6.18 Å². The van der Waals surface area contributed by atoms with Gasteiger partial charge in [-0.05, 0) is 107 Å². The number of carbonyl (C=O) groups is 2. The fraction of sp³-hybridized carbons (Fsp3) is 0.214. The summed E-state index contributed by atoms with van der Waals surface area (Å²) < 4.78 is 52.1. The number of para-hydroxylation sites is 2. The van der Waals surface area contributed by atoms with E-state index in [-0.39, 0.29) is 33.7 Å². The van der Waals surface area contributed by atoms with Gasteiger partial charge in [0.15, 0.2) is 10.6 Å². The molecule has 2 amide bonds. The lowest BCUT2D eigenvalue weighted by molar-refractivity contribution is -0.137. The first-order valence-corrected chi connectivity index (χ1v) is 21.0. The molecule has 0 spiro atoms. The summed E-state index contributed by atoms with van der Waals surface area (Å²) in [7, 11) is 1.98. The predicted molar refractivity (Wildman–Crippen MR) is 227 cm³/mol. The number of ether oxygens (including phenoxy) is 2. The van der Waals surface area contributed by atoms with Crippen LogP contribution < -0.4 is 29.1 Å². The van der Waals surface area contributed by atoms with Crippen LogP contribution in [0.25, 0.3) is 0 Å². The van der Waals surface area contributed by atoms with Crippen LogP contribution in [0.4, 0.5) is 35.9 Å². The Balaban J connectivity index is 1.03. The number of hydrogen-bond donors (Lipinski definition) is 0. The molecule has 0 fully saturated rings. The molecule has 2 aliphatic heterocycles. The zero-order valence-electron chi connectivity index (χ0n) is 31.3. The van der Waals surface area contributed by atoms with Crippen LogP contribution in [0.5, 0.6) is 23.1 Å². The number of likely N-dealkylation sites (N-methyl/N-ethyl adjacent to an activating group) is 1. The van der Waals surface area contributed by atoms with Crippen molar-refractivity contribution in [2.24, 2.45) is 0 Å². The number of amides is 2. The second-order valence-corrected chi connectivity index (χ2v) is 17.2. The zero-order chi connectivity index (χ0) is 40.9. The number of thiophene rings is 1. The van der Waals surface area contributed by atoms with Gasteiger partial charge < -0.3 is 29.1 Å². The molecule has 9 nitrogen and oxygen atoms in total. The number of anilines is 4. The predicted octanol–water partition coefficient (Wildman–Crippen LogP) is 11.6. The van der Waals surface area contributed by atoms with Crippen LogP contribution >= 0.6 is 50.2 Å². The Morgan fingerprint density at radius 2 is 1.53 bits per heavy atom.